The van der Waals surface area contributed by atoms with E-state index in [4.69, 9.17) is 0 Å². The second-order valence-electron chi connectivity index (χ2n) is 6.62. The van der Waals surface area contributed by atoms with Crippen molar-refractivity contribution in [1.29, 1.82) is 0 Å². The van der Waals surface area contributed by atoms with Crippen molar-refractivity contribution in [1.82, 2.24) is 4.90 Å². The Labute approximate surface area is 127 Å². The number of aryl methyl sites for hydroxylation is 1. The zero-order valence-corrected chi connectivity index (χ0v) is 13.3. The predicted molar refractivity (Wildman–Crippen MR) is 86.9 cm³/mol. The molecule has 21 heavy (non-hydrogen) atoms. The Bertz CT molecular complexity index is 524. The average Bonchev–Trinajstić information content (AvgIpc) is 2.89. The minimum atomic E-state index is 0.336. The van der Waals surface area contributed by atoms with Crippen LogP contribution in [-0.2, 0) is 11.2 Å². The van der Waals surface area contributed by atoms with E-state index < -0.39 is 0 Å². The molecule has 1 amide bonds. The summed E-state index contributed by atoms with van der Waals surface area (Å²) in [6.45, 7) is 8.43. The highest BCUT2D eigenvalue weighted by Gasteiger charge is 2.22. The third kappa shape index (κ3) is 3.07. The molecule has 0 radical (unpaired) electrons. The van der Waals surface area contributed by atoms with Gasteiger partial charge in [0.15, 0.2) is 0 Å². The Morgan fingerprint density at radius 1 is 1.05 bits per heavy atom. The number of benzene rings is 1. The van der Waals surface area contributed by atoms with E-state index in [9.17, 15) is 4.79 Å². The van der Waals surface area contributed by atoms with E-state index in [1.165, 1.54) is 29.7 Å². The van der Waals surface area contributed by atoms with Crippen LogP contribution in [0.2, 0.25) is 0 Å². The van der Waals surface area contributed by atoms with Crippen molar-refractivity contribution in [3.05, 3.63) is 29.3 Å². The Kier molecular flexibility index (Phi) is 4.18. The second kappa shape index (κ2) is 6.08. The summed E-state index contributed by atoms with van der Waals surface area (Å²) in [6, 6.07) is 6.94. The number of carbonyl (C=O) groups is 1. The highest BCUT2D eigenvalue weighted by Crippen LogP contribution is 2.30. The van der Waals surface area contributed by atoms with Crippen molar-refractivity contribution in [3.63, 3.8) is 0 Å². The van der Waals surface area contributed by atoms with Gasteiger partial charge in [-0.05, 0) is 42.4 Å². The molecule has 0 saturated carbocycles. The van der Waals surface area contributed by atoms with Crippen LogP contribution in [0, 0.1) is 0 Å². The molecule has 3 rings (SSSR count). The molecule has 114 valence electrons. The number of rotatable bonds is 4. The van der Waals surface area contributed by atoms with Gasteiger partial charge in [0.2, 0.25) is 5.91 Å². The first-order valence-corrected chi connectivity index (χ1v) is 8.30. The molecular weight excluding hydrogens is 260 g/mol. The third-order valence-corrected chi connectivity index (χ3v) is 4.80. The summed E-state index contributed by atoms with van der Waals surface area (Å²) in [4.78, 5) is 16.2. The normalized spacial score (nSPS) is 18.5. The molecule has 0 unspecified atom stereocenters. The van der Waals surface area contributed by atoms with Gasteiger partial charge in [-0.3, -0.25) is 4.79 Å². The Balaban J connectivity index is 1.70. The molecule has 2 heterocycles. The number of likely N-dealkylation sites (tertiary alicyclic amines) is 1. The largest absolute Gasteiger partial charge is 0.370 e. The van der Waals surface area contributed by atoms with Crippen LogP contribution in [0.3, 0.4) is 0 Å². The van der Waals surface area contributed by atoms with Gasteiger partial charge in [-0.1, -0.05) is 26.0 Å². The molecule has 2 aliphatic heterocycles. The first kappa shape index (κ1) is 14.4. The molecule has 1 fully saturated rings. The highest BCUT2D eigenvalue weighted by atomic mass is 16.2. The minimum Gasteiger partial charge on any atom is -0.370 e. The standard InChI is InChI=1S/C18H26N2O/c1-14(2)15-7-8-17-16(13-15)5-3-9-19(17)11-12-20-10-4-6-18(20)21/h7-8,13-14H,3-6,9-12H2,1-2H3. The first-order valence-electron chi connectivity index (χ1n) is 8.30. The van der Waals surface area contributed by atoms with E-state index in [1.54, 1.807) is 0 Å². The molecule has 0 bridgehead atoms. The van der Waals surface area contributed by atoms with Crippen molar-refractivity contribution in [2.75, 3.05) is 31.1 Å². The molecule has 0 aromatic heterocycles. The van der Waals surface area contributed by atoms with Gasteiger partial charge in [-0.25, -0.2) is 0 Å². The number of anilines is 1. The summed E-state index contributed by atoms with van der Waals surface area (Å²) in [5.74, 6) is 0.926. The molecule has 3 heteroatoms. The molecule has 2 aliphatic rings. The maximum absolute atomic E-state index is 11.7. The molecule has 1 aromatic carbocycles. The van der Waals surface area contributed by atoms with Gasteiger partial charge >= 0.3 is 0 Å². The van der Waals surface area contributed by atoms with Crippen LogP contribution in [0.25, 0.3) is 0 Å². The lowest BCUT2D eigenvalue weighted by Gasteiger charge is -2.33. The van der Waals surface area contributed by atoms with Crippen LogP contribution in [0.1, 0.15) is 50.2 Å². The van der Waals surface area contributed by atoms with Gasteiger partial charge in [0.1, 0.15) is 0 Å². The van der Waals surface area contributed by atoms with Crippen LogP contribution < -0.4 is 4.90 Å². The lowest BCUT2D eigenvalue weighted by atomic mass is 9.95. The maximum Gasteiger partial charge on any atom is 0.222 e. The van der Waals surface area contributed by atoms with Crippen molar-refractivity contribution in [3.8, 4) is 0 Å². The Morgan fingerprint density at radius 3 is 2.48 bits per heavy atom. The fraction of sp³-hybridized carbons (Fsp3) is 0.611. The Hall–Kier alpha value is -1.51. The van der Waals surface area contributed by atoms with Gasteiger partial charge in [0.05, 0.1) is 0 Å². The second-order valence-corrected chi connectivity index (χ2v) is 6.62. The summed E-state index contributed by atoms with van der Waals surface area (Å²) in [7, 11) is 0. The van der Waals surface area contributed by atoms with Crippen molar-refractivity contribution < 1.29 is 4.79 Å². The van der Waals surface area contributed by atoms with E-state index in [0.29, 0.717) is 11.8 Å². The minimum absolute atomic E-state index is 0.336. The number of carbonyl (C=O) groups excluding carboxylic acids is 1. The number of hydrogen-bond acceptors (Lipinski definition) is 2. The number of nitrogens with zero attached hydrogens (tertiary/aromatic N) is 2. The lowest BCUT2D eigenvalue weighted by molar-refractivity contribution is -0.127. The Morgan fingerprint density at radius 2 is 1.76 bits per heavy atom. The summed E-state index contributed by atoms with van der Waals surface area (Å²) >= 11 is 0. The van der Waals surface area contributed by atoms with E-state index in [1.807, 2.05) is 4.90 Å². The molecular formula is C18H26N2O. The predicted octanol–water partition coefficient (Wildman–Crippen LogP) is 3.19. The van der Waals surface area contributed by atoms with Crippen LogP contribution in [0.15, 0.2) is 18.2 Å². The summed E-state index contributed by atoms with van der Waals surface area (Å²) in [6.07, 6.45) is 4.19. The number of fused-ring (bicyclic) bond motifs is 1. The van der Waals surface area contributed by atoms with Crippen LogP contribution in [0.5, 0.6) is 0 Å². The van der Waals surface area contributed by atoms with Crippen LogP contribution in [0.4, 0.5) is 5.69 Å². The smallest absolute Gasteiger partial charge is 0.222 e. The molecule has 0 atom stereocenters. The zero-order valence-electron chi connectivity index (χ0n) is 13.3. The van der Waals surface area contributed by atoms with Gasteiger partial charge in [-0.2, -0.15) is 0 Å². The summed E-state index contributed by atoms with van der Waals surface area (Å²) in [5.41, 5.74) is 4.31. The summed E-state index contributed by atoms with van der Waals surface area (Å²) < 4.78 is 0. The van der Waals surface area contributed by atoms with Gasteiger partial charge in [0, 0.05) is 38.3 Å². The van der Waals surface area contributed by atoms with Crippen LogP contribution in [-0.4, -0.2) is 37.0 Å². The molecule has 0 aliphatic carbocycles. The highest BCUT2D eigenvalue weighted by molar-refractivity contribution is 5.78. The molecule has 0 N–H and O–H groups in total. The number of amides is 1. The fourth-order valence-electron chi connectivity index (χ4n) is 3.47. The molecule has 1 saturated heterocycles. The van der Waals surface area contributed by atoms with Crippen molar-refractivity contribution in [2.24, 2.45) is 0 Å². The van der Waals surface area contributed by atoms with Crippen LogP contribution >= 0.6 is 0 Å². The van der Waals surface area contributed by atoms with Gasteiger partial charge in [-0.15, -0.1) is 0 Å². The zero-order chi connectivity index (χ0) is 14.8. The van der Waals surface area contributed by atoms with E-state index in [-0.39, 0.29) is 0 Å². The fourth-order valence-corrected chi connectivity index (χ4v) is 3.47. The SMILES string of the molecule is CC(C)c1ccc2c(c1)CCCN2CCN1CCCC1=O. The van der Waals surface area contributed by atoms with E-state index in [2.05, 4.69) is 36.9 Å². The van der Waals surface area contributed by atoms with Crippen molar-refractivity contribution >= 4 is 11.6 Å². The third-order valence-electron chi connectivity index (χ3n) is 4.80. The van der Waals surface area contributed by atoms with E-state index >= 15 is 0 Å². The average molecular weight is 286 g/mol. The molecule has 1 aromatic rings. The monoisotopic (exact) mass is 286 g/mol. The lowest BCUT2D eigenvalue weighted by Crippen LogP contribution is -2.38. The maximum atomic E-state index is 11.7. The number of hydrogen-bond donors (Lipinski definition) is 0. The molecule has 0 spiro atoms. The topological polar surface area (TPSA) is 23.6 Å². The molecule has 3 nitrogen and oxygen atoms in total. The van der Waals surface area contributed by atoms with Gasteiger partial charge in [0.25, 0.3) is 0 Å². The quantitative estimate of drug-likeness (QED) is 0.848. The van der Waals surface area contributed by atoms with E-state index in [0.717, 1.165) is 39.0 Å². The first-order chi connectivity index (χ1) is 10.1. The van der Waals surface area contributed by atoms with Gasteiger partial charge < -0.3 is 9.80 Å². The van der Waals surface area contributed by atoms with Crippen molar-refractivity contribution in [2.45, 2.75) is 45.4 Å². The summed E-state index contributed by atoms with van der Waals surface area (Å²) in [5, 5.41) is 0.